The van der Waals surface area contributed by atoms with Gasteiger partial charge in [-0.05, 0) is 12.3 Å². The van der Waals surface area contributed by atoms with Crippen molar-refractivity contribution in [2.24, 2.45) is 11.3 Å². The molecule has 1 unspecified atom stereocenters. The van der Waals surface area contributed by atoms with Gasteiger partial charge in [-0.2, -0.15) is 0 Å². The molecule has 0 aliphatic heterocycles. The molecule has 0 heterocycles. The molecule has 1 fully saturated rings. The van der Waals surface area contributed by atoms with Gasteiger partial charge in [0.2, 0.25) is 0 Å². The highest BCUT2D eigenvalue weighted by Crippen LogP contribution is 2.63. The first-order chi connectivity index (χ1) is 2.83. The maximum Gasteiger partial charge on any atom is 0.00905 e. The Hall–Kier alpha value is -0.260. The monoisotopic (exact) mass is 80.1 g/mol. The van der Waals surface area contributed by atoms with Crippen molar-refractivity contribution in [3.63, 3.8) is 0 Å². The Morgan fingerprint density at radius 3 is 2.17 bits per heavy atom. The maximum absolute atomic E-state index is 2.32. The van der Waals surface area contributed by atoms with Crippen LogP contribution in [0.5, 0.6) is 0 Å². The van der Waals surface area contributed by atoms with Gasteiger partial charge in [-0.3, -0.25) is 0 Å². The lowest BCUT2D eigenvalue weighted by Crippen LogP contribution is -1.68. The van der Waals surface area contributed by atoms with Crippen LogP contribution < -0.4 is 0 Å². The molecule has 0 amide bonds. The summed E-state index contributed by atoms with van der Waals surface area (Å²) in [7, 11) is 0. The molecule has 1 spiro atoms. The fourth-order valence-electron chi connectivity index (χ4n) is 1.04. The van der Waals surface area contributed by atoms with Crippen LogP contribution in [0.4, 0.5) is 0 Å². The van der Waals surface area contributed by atoms with E-state index >= 15 is 0 Å². The summed E-state index contributed by atoms with van der Waals surface area (Å²) in [5.41, 5.74) is 0.708. The van der Waals surface area contributed by atoms with E-state index in [1.165, 1.54) is 6.42 Å². The van der Waals surface area contributed by atoms with Crippen LogP contribution in [0.15, 0.2) is 12.2 Å². The van der Waals surface area contributed by atoms with Crippen LogP contribution in [-0.2, 0) is 0 Å². The van der Waals surface area contributed by atoms with Crippen molar-refractivity contribution in [2.75, 3.05) is 0 Å². The highest BCUT2D eigenvalue weighted by Gasteiger charge is 2.53. The van der Waals surface area contributed by atoms with E-state index < -0.39 is 0 Å². The van der Waals surface area contributed by atoms with E-state index in [0.717, 1.165) is 5.92 Å². The van der Waals surface area contributed by atoms with Gasteiger partial charge in [-0.25, -0.2) is 0 Å². The number of rotatable bonds is 0. The van der Waals surface area contributed by atoms with Crippen LogP contribution >= 0.6 is 0 Å². The fourth-order valence-corrected chi connectivity index (χ4v) is 1.04. The molecule has 0 saturated heterocycles. The maximum atomic E-state index is 2.32. The van der Waals surface area contributed by atoms with Crippen LogP contribution in [0.25, 0.3) is 0 Å². The Balaban J connectivity index is 2.20. The average Bonchev–Trinajstić information content (AvgIpc) is 2.25. The standard InChI is InChI=1S/C6H8/c1-5-4-6(5)2-3-6/h2-3,5H,4H2,1H3. The number of hydrogen-bond acceptors (Lipinski definition) is 0. The lowest BCUT2D eigenvalue weighted by atomic mass is 10.3. The molecule has 1 atom stereocenters. The zero-order valence-corrected chi connectivity index (χ0v) is 3.94. The first-order valence-electron chi connectivity index (χ1n) is 2.54. The van der Waals surface area contributed by atoms with E-state index in [2.05, 4.69) is 19.1 Å². The first kappa shape index (κ1) is 2.84. The molecule has 0 heteroatoms. The van der Waals surface area contributed by atoms with E-state index in [1.807, 2.05) is 0 Å². The van der Waals surface area contributed by atoms with Gasteiger partial charge in [0.1, 0.15) is 0 Å². The van der Waals surface area contributed by atoms with E-state index in [0.29, 0.717) is 5.41 Å². The van der Waals surface area contributed by atoms with E-state index in [-0.39, 0.29) is 0 Å². The molecule has 0 aromatic rings. The lowest BCUT2D eigenvalue weighted by Gasteiger charge is -1.74. The Labute approximate surface area is 37.9 Å². The second-order valence-corrected chi connectivity index (χ2v) is 2.55. The van der Waals surface area contributed by atoms with Crippen LogP contribution in [0.2, 0.25) is 0 Å². The molecule has 0 N–H and O–H groups in total. The molecule has 2 aliphatic carbocycles. The minimum atomic E-state index is 0.708. The van der Waals surface area contributed by atoms with Crippen molar-refractivity contribution in [1.29, 1.82) is 0 Å². The van der Waals surface area contributed by atoms with Gasteiger partial charge in [0.25, 0.3) is 0 Å². The average molecular weight is 80.1 g/mol. The van der Waals surface area contributed by atoms with Gasteiger partial charge in [0.05, 0.1) is 0 Å². The minimum Gasteiger partial charge on any atom is -0.0774 e. The topological polar surface area (TPSA) is 0 Å². The Kier molecular flexibility index (Phi) is 0.228. The normalized spacial score (nSPS) is 43.8. The smallest absolute Gasteiger partial charge is 0.00905 e. The highest BCUT2D eigenvalue weighted by atomic mass is 14.6. The fraction of sp³-hybridized carbons (Fsp3) is 0.667. The van der Waals surface area contributed by atoms with Crippen molar-refractivity contribution in [3.8, 4) is 0 Å². The molecule has 32 valence electrons. The molecule has 2 rings (SSSR count). The summed E-state index contributed by atoms with van der Waals surface area (Å²) in [5.74, 6) is 0.998. The Morgan fingerprint density at radius 2 is 2.17 bits per heavy atom. The highest BCUT2D eigenvalue weighted by molar-refractivity contribution is 5.36. The second-order valence-electron chi connectivity index (χ2n) is 2.55. The van der Waals surface area contributed by atoms with E-state index in [1.54, 1.807) is 0 Å². The van der Waals surface area contributed by atoms with Crippen molar-refractivity contribution in [1.82, 2.24) is 0 Å². The van der Waals surface area contributed by atoms with Crippen LogP contribution in [0, 0.1) is 11.3 Å². The first-order valence-corrected chi connectivity index (χ1v) is 2.54. The molecular weight excluding hydrogens is 72.1 g/mol. The summed E-state index contributed by atoms with van der Waals surface area (Å²) in [6.45, 7) is 2.31. The summed E-state index contributed by atoms with van der Waals surface area (Å²) >= 11 is 0. The zero-order valence-electron chi connectivity index (χ0n) is 3.94. The molecular formula is C6H8. The second kappa shape index (κ2) is 0.481. The van der Waals surface area contributed by atoms with Crippen molar-refractivity contribution < 1.29 is 0 Å². The lowest BCUT2D eigenvalue weighted by molar-refractivity contribution is 0.838. The summed E-state index contributed by atoms with van der Waals surface area (Å²) in [6.07, 6.45) is 6.07. The zero-order chi connectivity index (χ0) is 4.20. The van der Waals surface area contributed by atoms with E-state index in [4.69, 9.17) is 0 Å². The third-order valence-corrected chi connectivity index (χ3v) is 2.01. The van der Waals surface area contributed by atoms with E-state index in [9.17, 15) is 0 Å². The van der Waals surface area contributed by atoms with Crippen LogP contribution in [-0.4, -0.2) is 0 Å². The molecule has 6 heavy (non-hydrogen) atoms. The number of hydrogen-bond donors (Lipinski definition) is 0. The summed E-state index contributed by atoms with van der Waals surface area (Å²) < 4.78 is 0. The number of allylic oxidation sites excluding steroid dienone is 2. The largest absolute Gasteiger partial charge is 0.0774 e. The minimum absolute atomic E-state index is 0.708. The van der Waals surface area contributed by atoms with Gasteiger partial charge in [-0.1, -0.05) is 19.1 Å². The van der Waals surface area contributed by atoms with Crippen LogP contribution in [0.3, 0.4) is 0 Å². The summed E-state index contributed by atoms with van der Waals surface area (Å²) in [6, 6.07) is 0. The molecule has 0 aromatic heterocycles. The van der Waals surface area contributed by atoms with Gasteiger partial charge in [0, 0.05) is 5.41 Å². The molecule has 0 aromatic carbocycles. The van der Waals surface area contributed by atoms with Crippen molar-refractivity contribution in [3.05, 3.63) is 12.2 Å². The predicted octanol–water partition coefficient (Wildman–Crippen LogP) is 1.58. The van der Waals surface area contributed by atoms with Crippen molar-refractivity contribution >= 4 is 0 Å². The molecule has 1 saturated carbocycles. The van der Waals surface area contributed by atoms with Crippen LogP contribution in [0.1, 0.15) is 13.3 Å². The SMILES string of the molecule is CC1CC12C=C2. The Bertz CT molecular complexity index is 105. The molecule has 0 radical (unpaired) electrons. The molecule has 0 nitrogen and oxygen atoms in total. The quantitative estimate of drug-likeness (QED) is 0.387. The third kappa shape index (κ3) is 0.149. The summed E-state index contributed by atoms with van der Waals surface area (Å²) in [5, 5.41) is 0. The van der Waals surface area contributed by atoms with Gasteiger partial charge >= 0.3 is 0 Å². The van der Waals surface area contributed by atoms with Gasteiger partial charge in [-0.15, -0.1) is 0 Å². The molecule has 0 bridgehead atoms. The third-order valence-electron chi connectivity index (χ3n) is 2.01. The molecule has 2 aliphatic rings. The summed E-state index contributed by atoms with van der Waals surface area (Å²) in [4.78, 5) is 0. The Morgan fingerprint density at radius 1 is 1.67 bits per heavy atom. The van der Waals surface area contributed by atoms with Gasteiger partial charge < -0.3 is 0 Å². The predicted molar refractivity (Wildman–Crippen MR) is 25.4 cm³/mol. The van der Waals surface area contributed by atoms with Crippen molar-refractivity contribution in [2.45, 2.75) is 13.3 Å². The van der Waals surface area contributed by atoms with Gasteiger partial charge in [0.15, 0.2) is 0 Å².